The van der Waals surface area contributed by atoms with Gasteiger partial charge in [-0.1, -0.05) is 35.2 Å². The first-order valence-corrected chi connectivity index (χ1v) is 7.25. The predicted molar refractivity (Wildman–Crippen MR) is 72.6 cm³/mol. The van der Waals surface area contributed by atoms with Gasteiger partial charge in [0.15, 0.2) is 10.1 Å². The van der Waals surface area contributed by atoms with Crippen LogP contribution in [0.1, 0.15) is 17.3 Å². The Kier molecular flexibility index (Phi) is 4.72. The smallest absolute Gasteiger partial charge is 0.174 e. The molecule has 0 saturated carbocycles. The standard InChI is InChI=1S/C12H12N2O2S2/c1-9(15)10-4-2-3-5-11(10)16-6-7-17-12-14-13-8-18-12/h2-5,8H,6-7H2,1H3. The minimum absolute atomic E-state index is 0.0161. The molecule has 0 aliphatic heterocycles. The molecule has 0 atom stereocenters. The van der Waals surface area contributed by atoms with Gasteiger partial charge in [-0.3, -0.25) is 4.79 Å². The number of ketones is 1. The molecule has 4 nitrogen and oxygen atoms in total. The Morgan fingerprint density at radius 2 is 2.28 bits per heavy atom. The van der Waals surface area contributed by atoms with Crippen LogP contribution < -0.4 is 4.74 Å². The summed E-state index contributed by atoms with van der Waals surface area (Å²) in [5.41, 5.74) is 2.33. The van der Waals surface area contributed by atoms with E-state index in [2.05, 4.69) is 10.2 Å². The molecule has 0 spiro atoms. The Hall–Kier alpha value is -1.40. The highest BCUT2D eigenvalue weighted by Crippen LogP contribution is 2.21. The lowest BCUT2D eigenvalue weighted by Crippen LogP contribution is -2.04. The molecule has 0 saturated heterocycles. The van der Waals surface area contributed by atoms with E-state index >= 15 is 0 Å². The van der Waals surface area contributed by atoms with Crippen LogP contribution in [-0.4, -0.2) is 28.3 Å². The predicted octanol–water partition coefficient (Wildman–Crippen LogP) is 2.91. The normalized spacial score (nSPS) is 10.3. The monoisotopic (exact) mass is 280 g/mol. The molecule has 6 heteroatoms. The fraction of sp³-hybridized carbons (Fsp3) is 0.250. The van der Waals surface area contributed by atoms with Gasteiger partial charge in [-0.2, -0.15) is 0 Å². The molecule has 0 aliphatic carbocycles. The number of para-hydroxylation sites is 1. The zero-order valence-corrected chi connectivity index (χ0v) is 11.5. The number of carbonyl (C=O) groups excluding carboxylic acids is 1. The van der Waals surface area contributed by atoms with Crippen molar-refractivity contribution in [1.29, 1.82) is 0 Å². The fourth-order valence-electron chi connectivity index (χ4n) is 1.39. The first-order valence-electron chi connectivity index (χ1n) is 5.39. The lowest BCUT2D eigenvalue weighted by molar-refractivity contribution is 0.101. The maximum atomic E-state index is 11.4. The van der Waals surface area contributed by atoms with Gasteiger partial charge in [0, 0.05) is 5.75 Å². The van der Waals surface area contributed by atoms with Crippen LogP contribution in [0, 0.1) is 0 Å². The zero-order chi connectivity index (χ0) is 12.8. The largest absolute Gasteiger partial charge is 0.492 e. The van der Waals surface area contributed by atoms with Crippen molar-refractivity contribution in [2.45, 2.75) is 11.3 Å². The molecule has 0 fully saturated rings. The lowest BCUT2D eigenvalue weighted by Gasteiger charge is -2.08. The van der Waals surface area contributed by atoms with Crippen molar-refractivity contribution in [3.63, 3.8) is 0 Å². The maximum absolute atomic E-state index is 11.4. The van der Waals surface area contributed by atoms with Gasteiger partial charge in [-0.05, 0) is 19.1 Å². The topological polar surface area (TPSA) is 52.1 Å². The molecular formula is C12H12N2O2S2. The van der Waals surface area contributed by atoms with Crippen LogP contribution in [-0.2, 0) is 0 Å². The average molecular weight is 280 g/mol. The minimum atomic E-state index is 0.0161. The third-order valence-corrected chi connectivity index (χ3v) is 4.00. The fourth-order valence-corrected chi connectivity index (χ4v) is 2.77. The van der Waals surface area contributed by atoms with Crippen LogP contribution >= 0.6 is 23.1 Å². The van der Waals surface area contributed by atoms with Gasteiger partial charge in [0.1, 0.15) is 11.3 Å². The summed E-state index contributed by atoms with van der Waals surface area (Å²) in [6.07, 6.45) is 0. The van der Waals surface area contributed by atoms with Crippen LogP contribution in [0.25, 0.3) is 0 Å². The molecule has 1 aromatic carbocycles. The molecule has 1 heterocycles. The minimum Gasteiger partial charge on any atom is -0.492 e. The summed E-state index contributed by atoms with van der Waals surface area (Å²) < 4.78 is 6.54. The second-order valence-electron chi connectivity index (χ2n) is 3.45. The van der Waals surface area contributed by atoms with Crippen molar-refractivity contribution in [2.24, 2.45) is 0 Å². The van der Waals surface area contributed by atoms with E-state index in [1.165, 1.54) is 18.3 Å². The first kappa shape index (κ1) is 13.0. The van der Waals surface area contributed by atoms with Crippen molar-refractivity contribution in [3.8, 4) is 5.75 Å². The van der Waals surface area contributed by atoms with Gasteiger partial charge in [-0.25, -0.2) is 0 Å². The third-order valence-electron chi connectivity index (χ3n) is 2.17. The highest BCUT2D eigenvalue weighted by atomic mass is 32.2. The molecule has 0 unspecified atom stereocenters. The summed E-state index contributed by atoms with van der Waals surface area (Å²) in [4.78, 5) is 11.4. The van der Waals surface area contributed by atoms with Gasteiger partial charge in [0.2, 0.25) is 0 Å². The Balaban J connectivity index is 1.85. The molecule has 1 aromatic heterocycles. The molecule has 2 rings (SSSR count). The van der Waals surface area contributed by atoms with Crippen molar-refractivity contribution in [1.82, 2.24) is 10.2 Å². The molecule has 2 aromatic rings. The van der Waals surface area contributed by atoms with E-state index in [4.69, 9.17) is 4.74 Å². The van der Waals surface area contributed by atoms with Gasteiger partial charge in [-0.15, -0.1) is 10.2 Å². The molecule has 94 valence electrons. The van der Waals surface area contributed by atoms with Crippen LogP contribution in [0.15, 0.2) is 34.1 Å². The van der Waals surface area contributed by atoms with Crippen molar-refractivity contribution < 1.29 is 9.53 Å². The molecule has 0 bridgehead atoms. The summed E-state index contributed by atoms with van der Waals surface area (Å²) in [6, 6.07) is 7.28. The summed E-state index contributed by atoms with van der Waals surface area (Å²) in [5, 5.41) is 7.69. The van der Waals surface area contributed by atoms with E-state index in [-0.39, 0.29) is 5.78 Å². The van der Waals surface area contributed by atoms with E-state index in [0.717, 1.165) is 10.1 Å². The Bertz CT molecular complexity index is 515. The summed E-state index contributed by atoms with van der Waals surface area (Å²) in [7, 11) is 0. The van der Waals surface area contributed by atoms with Gasteiger partial charge < -0.3 is 4.74 Å². The number of thioether (sulfide) groups is 1. The van der Waals surface area contributed by atoms with Gasteiger partial charge in [0.05, 0.1) is 12.2 Å². The summed E-state index contributed by atoms with van der Waals surface area (Å²) >= 11 is 3.10. The molecular weight excluding hydrogens is 268 g/mol. The Morgan fingerprint density at radius 3 is 3.00 bits per heavy atom. The maximum Gasteiger partial charge on any atom is 0.174 e. The van der Waals surface area contributed by atoms with Crippen molar-refractivity contribution in [2.75, 3.05) is 12.4 Å². The average Bonchev–Trinajstić information content (AvgIpc) is 2.88. The van der Waals surface area contributed by atoms with Gasteiger partial charge in [0.25, 0.3) is 0 Å². The van der Waals surface area contributed by atoms with Crippen LogP contribution in [0.3, 0.4) is 0 Å². The molecule has 0 aliphatic rings. The molecule has 18 heavy (non-hydrogen) atoms. The third kappa shape index (κ3) is 3.54. The van der Waals surface area contributed by atoms with Crippen LogP contribution in [0.4, 0.5) is 0 Å². The lowest BCUT2D eigenvalue weighted by atomic mass is 10.1. The van der Waals surface area contributed by atoms with E-state index < -0.39 is 0 Å². The van der Waals surface area contributed by atoms with Crippen molar-refractivity contribution >= 4 is 28.9 Å². The highest BCUT2D eigenvalue weighted by Gasteiger charge is 2.07. The second-order valence-corrected chi connectivity index (χ2v) is 5.63. The van der Waals surface area contributed by atoms with E-state index in [1.807, 2.05) is 18.2 Å². The van der Waals surface area contributed by atoms with E-state index in [0.29, 0.717) is 17.9 Å². The molecule has 0 radical (unpaired) electrons. The van der Waals surface area contributed by atoms with Crippen LogP contribution in [0.5, 0.6) is 5.75 Å². The quantitative estimate of drug-likeness (QED) is 0.462. The van der Waals surface area contributed by atoms with Crippen molar-refractivity contribution in [3.05, 3.63) is 35.3 Å². The summed E-state index contributed by atoms with van der Waals surface area (Å²) in [5.74, 6) is 1.44. The number of nitrogens with zero attached hydrogens (tertiary/aromatic N) is 2. The number of Topliss-reactive ketones (excluding diaryl/α,β-unsaturated/α-hetero) is 1. The van der Waals surface area contributed by atoms with Gasteiger partial charge >= 0.3 is 0 Å². The van der Waals surface area contributed by atoms with E-state index in [1.54, 1.807) is 23.3 Å². The number of benzene rings is 1. The summed E-state index contributed by atoms with van der Waals surface area (Å²) in [6.45, 7) is 2.08. The highest BCUT2D eigenvalue weighted by molar-refractivity contribution is 8.01. The number of carbonyl (C=O) groups is 1. The number of rotatable bonds is 6. The SMILES string of the molecule is CC(=O)c1ccccc1OCCSc1nncs1. The first-order chi connectivity index (χ1) is 8.77. The Morgan fingerprint density at radius 1 is 1.44 bits per heavy atom. The second kappa shape index (κ2) is 6.51. The number of hydrogen-bond donors (Lipinski definition) is 0. The molecule has 0 amide bonds. The number of aromatic nitrogens is 2. The number of hydrogen-bond acceptors (Lipinski definition) is 6. The molecule has 0 N–H and O–H groups in total. The number of ether oxygens (including phenoxy) is 1. The zero-order valence-electron chi connectivity index (χ0n) is 9.83. The van der Waals surface area contributed by atoms with E-state index in [9.17, 15) is 4.79 Å². The Labute approximate surface area is 113 Å². The van der Waals surface area contributed by atoms with Crippen LogP contribution in [0.2, 0.25) is 0 Å².